The van der Waals surface area contributed by atoms with Gasteiger partial charge in [0.25, 0.3) is 5.91 Å². The minimum atomic E-state index is -0.694. The smallest absolute Gasteiger partial charge is 0.410 e. The molecule has 2 aromatic heterocycles. The summed E-state index contributed by atoms with van der Waals surface area (Å²) in [5.41, 5.74) is 2.44. The molecule has 4 heterocycles. The van der Waals surface area contributed by atoms with E-state index in [1.54, 1.807) is 23.2 Å². The quantitative estimate of drug-likeness (QED) is 0.215. The molecule has 2 saturated heterocycles. The fourth-order valence-electron chi connectivity index (χ4n) is 6.24. The highest BCUT2D eigenvalue weighted by Crippen LogP contribution is 2.36. The molecule has 1 unspecified atom stereocenters. The van der Waals surface area contributed by atoms with E-state index in [-0.39, 0.29) is 23.7 Å². The molecule has 1 N–H and O–H groups in total. The second-order valence-corrected chi connectivity index (χ2v) is 14.2. The van der Waals surface area contributed by atoms with Gasteiger partial charge >= 0.3 is 6.09 Å². The topological polar surface area (TPSA) is 88.4 Å². The first kappa shape index (κ1) is 32.2. The zero-order valence-corrected chi connectivity index (χ0v) is 27.6. The summed E-state index contributed by atoms with van der Waals surface area (Å²) in [6, 6.07) is 8.83. The van der Waals surface area contributed by atoms with E-state index < -0.39 is 11.8 Å². The molecule has 0 aliphatic carbocycles. The number of fused-ring (bicyclic) bond motifs is 3. The number of hydrogen-bond acceptors (Lipinski definition) is 7. The van der Waals surface area contributed by atoms with Gasteiger partial charge in [-0.05, 0) is 76.8 Å². The summed E-state index contributed by atoms with van der Waals surface area (Å²) in [7, 11) is 1.53. The molecule has 2 aliphatic rings. The lowest BCUT2D eigenvalue weighted by Gasteiger charge is -2.28. The summed E-state index contributed by atoms with van der Waals surface area (Å²) in [5, 5.41) is 2.99. The Morgan fingerprint density at radius 1 is 1.11 bits per heavy atom. The van der Waals surface area contributed by atoms with Gasteiger partial charge in [0.1, 0.15) is 23.3 Å². The van der Waals surface area contributed by atoms with E-state index in [1.807, 2.05) is 43.4 Å². The Morgan fingerprint density at radius 2 is 1.89 bits per heavy atom. The molecule has 2 fully saturated rings. The third-order valence-corrected chi connectivity index (χ3v) is 9.71. The number of thiazole rings is 1. The van der Waals surface area contributed by atoms with Crippen molar-refractivity contribution in [3.8, 4) is 17.0 Å². The largest absolute Gasteiger partial charge is 0.496 e. The van der Waals surface area contributed by atoms with E-state index in [0.29, 0.717) is 60.0 Å². The van der Waals surface area contributed by atoms with Crippen molar-refractivity contribution >= 4 is 38.5 Å². The van der Waals surface area contributed by atoms with Crippen molar-refractivity contribution in [3.05, 3.63) is 53.5 Å². The molecule has 246 valence electrons. The lowest BCUT2D eigenvalue weighted by Crippen LogP contribution is -2.36. The number of rotatable bonds is 8. The van der Waals surface area contributed by atoms with Gasteiger partial charge in [0.2, 0.25) is 0 Å². The van der Waals surface area contributed by atoms with E-state index in [2.05, 4.69) is 10.2 Å². The molecule has 9 nitrogen and oxygen atoms in total. The van der Waals surface area contributed by atoms with Gasteiger partial charge in [-0.15, -0.1) is 0 Å². The number of nitrogens with one attached hydrogen (secondary N) is 1. The number of methoxy groups -OCH3 is 1. The molecule has 0 radical (unpaired) electrons. The Kier molecular flexibility index (Phi) is 9.20. The molecule has 6 rings (SSSR count). The van der Waals surface area contributed by atoms with Crippen molar-refractivity contribution in [2.24, 2.45) is 0 Å². The van der Waals surface area contributed by atoms with Crippen LogP contribution in [0, 0.1) is 5.82 Å². The number of alkyl halides is 1. The van der Waals surface area contributed by atoms with Crippen LogP contribution in [0.5, 0.6) is 5.75 Å². The number of nitrogens with zero attached hydrogens (tertiary/aromatic N) is 4. The predicted octanol–water partition coefficient (Wildman–Crippen LogP) is 6.64. The number of halogens is 2. The Balaban J connectivity index is 1.13. The lowest BCUT2D eigenvalue weighted by molar-refractivity contribution is 0.0292. The highest BCUT2D eigenvalue weighted by Gasteiger charge is 2.31. The molecule has 2 aliphatic heterocycles. The van der Waals surface area contributed by atoms with Crippen LogP contribution < -0.4 is 10.1 Å². The van der Waals surface area contributed by atoms with Gasteiger partial charge in [0.05, 0.1) is 28.6 Å². The van der Waals surface area contributed by atoms with E-state index >= 15 is 4.39 Å². The summed E-state index contributed by atoms with van der Waals surface area (Å²) >= 11 is 1.42. The van der Waals surface area contributed by atoms with Gasteiger partial charge < -0.3 is 24.6 Å². The summed E-state index contributed by atoms with van der Waals surface area (Å²) in [4.78, 5) is 34.9. The summed E-state index contributed by atoms with van der Waals surface area (Å²) in [6.07, 6.45) is 3.45. The maximum atomic E-state index is 15.5. The van der Waals surface area contributed by atoms with Crippen LogP contribution in [0.3, 0.4) is 0 Å². The molecule has 12 heteroatoms. The van der Waals surface area contributed by atoms with Crippen LogP contribution >= 0.6 is 11.3 Å². The molecule has 1 atom stereocenters. The highest BCUT2D eigenvalue weighted by molar-refractivity contribution is 7.23. The van der Waals surface area contributed by atoms with Crippen LogP contribution in [-0.4, -0.2) is 89.3 Å². The van der Waals surface area contributed by atoms with Crippen molar-refractivity contribution in [2.75, 3.05) is 46.4 Å². The molecule has 2 aromatic carbocycles. The van der Waals surface area contributed by atoms with Gasteiger partial charge in [0, 0.05) is 56.5 Å². The molecule has 0 saturated carbocycles. The van der Waals surface area contributed by atoms with Crippen molar-refractivity contribution < 1.29 is 27.8 Å². The molecule has 0 spiro atoms. The maximum Gasteiger partial charge on any atom is 0.410 e. The fraction of sp³-hybridized carbons (Fsp3) is 0.500. The number of likely N-dealkylation sites (tertiary alicyclic amines) is 2. The van der Waals surface area contributed by atoms with Crippen molar-refractivity contribution in [1.82, 2.24) is 24.5 Å². The van der Waals surface area contributed by atoms with Crippen LogP contribution in [0.15, 0.2) is 36.5 Å². The lowest BCUT2D eigenvalue weighted by atomic mass is 9.96. The number of carbonyl (C=O) groups is 2. The minimum absolute atomic E-state index is 0.0320. The van der Waals surface area contributed by atoms with Gasteiger partial charge in [0.15, 0.2) is 4.96 Å². The van der Waals surface area contributed by atoms with E-state index in [0.717, 1.165) is 48.3 Å². The third kappa shape index (κ3) is 6.97. The second-order valence-electron chi connectivity index (χ2n) is 13.2. The number of carbonyl (C=O) groups excluding carboxylic acids is 2. The number of benzene rings is 2. The first-order valence-corrected chi connectivity index (χ1v) is 16.7. The molecule has 0 bridgehead atoms. The van der Waals surface area contributed by atoms with Crippen molar-refractivity contribution in [3.63, 3.8) is 0 Å². The second kappa shape index (κ2) is 13.2. The number of amides is 2. The Bertz CT molecular complexity index is 1740. The Morgan fingerprint density at radius 3 is 2.61 bits per heavy atom. The zero-order chi connectivity index (χ0) is 32.6. The minimum Gasteiger partial charge on any atom is -0.496 e. The molecule has 2 amide bonds. The molecule has 4 aromatic rings. The average Bonchev–Trinajstić information content (AvgIpc) is 3.74. The average molecular weight is 654 g/mol. The summed E-state index contributed by atoms with van der Waals surface area (Å²) in [5.74, 6) is -0.111. The number of ether oxygens (including phenoxy) is 2. The van der Waals surface area contributed by atoms with Gasteiger partial charge in [-0.25, -0.2) is 18.6 Å². The van der Waals surface area contributed by atoms with Crippen molar-refractivity contribution in [2.45, 2.75) is 64.1 Å². The zero-order valence-electron chi connectivity index (χ0n) is 26.8. The van der Waals surface area contributed by atoms with Crippen molar-refractivity contribution in [1.29, 1.82) is 0 Å². The Labute approximate surface area is 271 Å². The van der Waals surface area contributed by atoms with Crippen LogP contribution in [0.25, 0.3) is 26.4 Å². The molecular weight excluding hydrogens is 612 g/mol. The number of hydrogen-bond donors (Lipinski definition) is 1. The van der Waals surface area contributed by atoms with E-state index in [4.69, 9.17) is 14.5 Å². The van der Waals surface area contributed by atoms with Crippen LogP contribution in [0.2, 0.25) is 0 Å². The van der Waals surface area contributed by atoms with Crippen LogP contribution in [0.4, 0.5) is 13.6 Å². The fourth-order valence-corrected chi connectivity index (χ4v) is 7.27. The Hall–Kier alpha value is -3.77. The predicted molar refractivity (Wildman–Crippen MR) is 175 cm³/mol. The van der Waals surface area contributed by atoms with Gasteiger partial charge in [-0.3, -0.25) is 9.20 Å². The monoisotopic (exact) mass is 653 g/mol. The van der Waals surface area contributed by atoms with Gasteiger partial charge in [-0.2, -0.15) is 0 Å². The molecule has 46 heavy (non-hydrogen) atoms. The van der Waals surface area contributed by atoms with Gasteiger partial charge in [-0.1, -0.05) is 17.4 Å². The standard InChI is InChI=1S/C34H41F2N5O4S/c1-34(2,3)45-33(43)40-15-8-22(19-40)21-6-7-24(26(36)16-21)27-20-41-28-18-29(44-4)25(17-30(28)46-32(41)38-27)31(42)37-11-5-12-39-13-9-23(35)10-14-39/h6-7,16-18,20,22-23H,5,8-15,19H2,1-4H3,(H,37,42). The normalized spacial score (nSPS) is 18.0. The van der Waals surface area contributed by atoms with E-state index in [9.17, 15) is 14.0 Å². The first-order valence-electron chi connectivity index (χ1n) is 15.9. The first-order chi connectivity index (χ1) is 22.0. The number of aromatic nitrogens is 2. The number of piperidine rings is 1. The summed E-state index contributed by atoms with van der Waals surface area (Å²) in [6.45, 7) is 9.44. The van der Waals surface area contributed by atoms with Crippen LogP contribution in [0.1, 0.15) is 68.3 Å². The number of imidazole rings is 1. The third-order valence-electron chi connectivity index (χ3n) is 8.69. The van der Waals surface area contributed by atoms with E-state index in [1.165, 1.54) is 18.4 Å². The molecular formula is C34H41F2N5O4S. The van der Waals surface area contributed by atoms with Crippen LogP contribution in [-0.2, 0) is 4.74 Å². The highest BCUT2D eigenvalue weighted by atomic mass is 32.1. The summed E-state index contributed by atoms with van der Waals surface area (Å²) < 4.78 is 42.7. The SMILES string of the molecule is COc1cc2c(cc1C(=O)NCCCN1CCC(F)CC1)sc1nc(-c3ccc(C4CCN(C(=O)OC(C)(C)C)C4)cc3F)cn12. The maximum absolute atomic E-state index is 15.5.